The molecule has 100 valence electrons. The summed E-state index contributed by atoms with van der Waals surface area (Å²) in [7, 11) is 0. The molecule has 1 rings (SSSR count). The van der Waals surface area contributed by atoms with Crippen LogP contribution in [0.1, 0.15) is 32.8 Å². The molecule has 0 spiro atoms. The number of rotatable bonds is 6. The lowest BCUT2D eigenvalue weighted by molar-refractivity contribution is -0.127. The van der Waals surface area contributed by atoms with Gasteiger partial charge in [0.2, 0.25) is 0 Å². The highest BCUT2D eigenvalue weighted by atomic mass is 16.5. The van der Waals surface area contributed by atoms with Crippen LogP contribution < -0.4 is 15.8 Å². The zero-order valence-electron chi connectivity index (χ0n) is 11.3. The number of nitrogens with one attached hydrogen (secondary N) is 1. The maximum atomic E-state index is 11.8. The molecule has 1 aromatic rings. The summed E-state index contributed by atoms with van der Waals surface area (Å²) in [5, 5.41) is 2.89. The molecular formula is C14H22N2O2. The predicted molar refractivity (Wildman–Crippen MR) is 72.3 cm³/mol. The molecule has 18 heavy (non-hydrogen) atoms. The van der Waals surface area contributed by atoms with E-state index in [0.717, 1.165) is 12.0 Å². The summed E-state index contributed by atoms with van der Waals surface area (Å²) in [6.45, 7) is 6.14. The van der Waals surface area contributed by atoms with Crippen molar-refractivity contribution in [3.05, 3.63) is 29.8 Å². The molecule has 1 amide bonds. The number of benzene rings is 1. The highest BCUT2D eigenvalue weighted by Crippen LogP contribution is 2.18. The highest BCUT2D eigenvalue weighted by molar-refractivity contribution is 5.81. The second-order valence-corrected chi connectivity index (χ2v) is 4.39. The Bertz CT molecular complexity index is 393. The Morgan fingerprint density at radius 1 is 1.39 bits per heavy atom. The van der Waals surface area contributed by atoms with Crippen LogP contribution in [0, 0.1) is 0 Å². The Balaban J connectivity index is 2.63. The molecule has 0 saturated heterocycles. The molecule has 2 atom stereocenters. The number of amides is 1. The number of carbonyl (C=O) groups is 1. The first-order valence-corrected chi connectivity index (χ1v) is 6.33. The first kappa shape index (κ1) is 14.5. The molecular weight excluding hydrogens is 228 g/mol. The van der Waals surface area contributed by atoms with Gasteiger partial charge in [0.05, 0.1) is 0 Å². The van der Waals surface area contributed by atoms with Crippen molar-refractivity contribution in [2.75, 3.05) is 0 Å². The number of carbonyl (C=O) groups excluding carboxylic acids is 1. The monoisotopic (exact) mass is 250 g/mol. The molecule has 0 bridgehead atoms. The molecule has 3 N–H and O–H groups in total. The van der Waals surface area contributed by atoms with Crippen molar-refractivity contribution in [3.8, 4) is 5.75 Å². The van der Waals surface area contributed by atoms with Gasteiger partial charge in [-0.25, -0.2) is 0 Å². The van der Waals surface area contributed by atoms with Crippen LogP contribution in [0.3, 0.4) is 0 Å². The number of hydrogen-bond acceptors (Lipinski definition) is 3. The van der Waals surface area contributed by atoms with E-state index in [-0.39, 0.29) is 11.9 Å². The van der Waals surface area contributed by atoms with E-state index in [1.54, 1.807) is 6.92 Å². The van der Waals surface area contributed by atoms with Crippen LogP contribution in [0.15, 0.2) is 24.3 Å². The average Bonchev–Trinajstić information content (AvgIpc) is 2.39. The Hall–Kier alpha value is -1.55. The lowest BCUT2D eigenvalue weighted by Crippen LogP contribution is -2.41. The van der Waals surface area contributed by atoms with Gasteiger partial charge in [-0.15, -0.1) is 0 Å². The van der Waals surface area contributed by atoms with Crippen LogP contribution in [-0.4, -0.2) is 18.1 Å². The van der Waals surface area contributed by atoms with Crippen LogP contribution >= 0.6 is 0 Å². The van der Waals surface area contributed by atoms with Crippen molar-refractivity contribution in [2.45, 2.75) is 45.9 Å². The van der Waals surface area contributed by atoms with Gasteiger partial charge in [0.15, 0.2) is 6.10 Å². The molecule has 0 aliphatic carbocycles. The van der Waals surface area contributed by atoms with Crippen LogP contribution in [0.25, 0.3) is 0 Å². The third-order valence-electron chi connectivity index (χ3n) is 2.87. The Morgan fingerprint density at radius 3 is 2.67 bits per heavy atom. The second-order valence-electron chi connectivity index (χ2n) is 4.39. The fraction of sp³-hybridized carbons (Fsp3) is 0.500. The third kappa shape index (κ3) is 4.04. The van der Waals surface area contributed by atoms with Gasteiger partial charge in [-0.1, -0.05) is 25.1 Å². The van der Waals surface area contributed by atoms with Gasteiger partial charge >= 0.3 is 0 Å². The average molecular weight is 250 g/mol. The second kappa shape index (κ2) is 7.01. The minimum atomic E-state index is -0.522. The lowest BCUT2D eigenvalue weighted by Gasteiger charge is -2.19. The molecule has 0 saturated carbocycles. The van der Waals surface area contributed by atoms with Crippen molar-refractivity contribution < 1.29 is 9.53 Å². The first-order valence-electron chi connectivity index (χ1n) is 6.33. The molecule has 0 aliphatic rings. The van der Waals surface area contributed by atoms with E-state index in [0.29, 0.717) is 12.3 Å². The van der Waals surface area contributed by atoms with Crippen LogP contribution in [-0.2, 0) is 11.3 Å². The molecule has 2 unspecified atom stereocenters. The van der Waals surface area contributed by atoms with E-state index in [4.69, 9.17) is 10.5 Å². The summed E-state index contributed by atoms with van der Waals surface area (Å²) in [6, 6.07) is 7.66. The normalized spacial score (nSPS) is 13.8. The van der Waals surface area contributed by atoms with Gasteiger partial charge < -0.3 is 15.8 Å². The minimum Gasteiger partial charge on any atom is -0.481 e. The van der Waals surface area contributed by atoms with Gasteiger partial charge in [-0.05, 0) is 26.3 Å². The zero-order chi connectivity index (χ0) is 13.5. The summed E-state index contributed by atoms with van der Waals surface area (Å²) in [6.07, 6.45) is 0.379. The number of hydrogen-bond donors (Lipinski definition) is 2. The third-order valence-corrected chi connectivity index (χ3v) is 2.87. The van der Waals surface area contributed by atoms with Crippen molar-refractivity contribution in [1.82, 2.24) is 5.32 Å². The number of ether oxygens (including phenoxy) is 1. The summed E-state index contributed by atoms with van der Waals surface area (Å²) in [4.78, 5) is 11.8. The summed E-state index contributed by atoms with van der Waals surface area (Å²) in [5.74, 6) is 0.572. The summed E-state index contributed by atoms with van der Waals surface area (Å²) >= 11 is 0. The number of nitrogens with two attached hydrogens (primary N) is 1. The predicted octanol–water partition coefficient (Wildman–Crippen LogP) is 1.83. The zero-order valence-corrected chi connectivity index (χ0v) is 11.3. The van der Waals surface area contributed by atoms with E-state index in [1.165, 1.54) is 0 Å². The molecule has 0 aromatic heterocycles. The van der Waals surface area contributed by atoms with Crippen molar-refractivity contribution in [2.24, 2.45) is 5.73 Å². The van der Waals surface area contributed by atoms with Crippen molar-refractivity contribution in [3.63, 3.8) is 0 Å². The van der Waals surface area contributed by atoms with E-state index in [9.17, 15) is 4.79 Å². The fourth-order valence-electron chi connectivity index (χ4n) is 1.49. The van der Waals surface area contributed by atoms with Crippen LogP contribution in [0.5, 0.6) is 5.75 Å². The molecule has 4 nitrogen and oxygen atoms in total. The van der Waals surface area contributed by atoms with E-state index in [1.807, 2.05) is 38.1 Å². The number of para-hydroxylation sites is 1. The maximum Gasteiger partial charge on any atom is 0.260 e. The lowest BCUT2D eigenvalue weighted by atomic mass is 10.2. The van der Waals surface area contributed by atoms with Crippen molar-refractivity contribution in [1.29, 1.82) is 0 Å². The van der Waals surface area contributed by atoms with Crippen LogP contribution in [0.4, 0.5) is 0 Å². The van der Waals surface area contributed by atoms with Gasteiger partial charge in [-0.2, -0.15) is 0 Å². The Kier molecular flexibility index (Phi) is 5.65. The van der Waals surface area contributed by atoms with Gasteiger partial charge in [-0.3, -0.25) is 4.79 Å². The van der Waals surface area contributed by atoms with Gasteiger partial charge in [0, 0.05) is 18.2 Å². The molecule has 4 heteroatoms. The van der Waals surface area contributed by atoms with E-state index >= 15 is 0 Å². The largest absolute Gasteiger partial charge is 0.481 e. The van der Waals surface area contributed by atoms with Crippen molar-refractivity contribution >= 4 is 5.91 Å². The molecule has 1 aromatic carbocycles. The summed E-state index contributed by atoms with van der Waals surface area (Å²) < 4.78 is 5.65. The van der Waals surface area contributed by atoms with Gasteiger partial charge in [0.1, 0.15) is 5.75 Å². The topological polar surface area (TPSA) is 64.3 Å². The molecule has 0 aliphatic heterocycles. The quantitative estimate of drug-likeness (QED) is 0.809. The van der Waals surface area contributed by atoms with Gasteiger partial charge in [0.25, 0.3) is 5.91 Å². The molecule has 0 heterocycles. The molecule has 0 radical (unpaired) electrons. The van der Waals surface area contributed by atoms with E-state index in [2.05, 4.69) is 5.32 Å². The molecule has 0 fully saturated rings. The highest BCUT2D eigenvalue weighted by Gasteiger charge is 2.17. The summed E-state index contributed by atoms with van der Waals surface area (Å²) in [5.41, 5.74) is 6.53. The standard InChI is InChI=1S/C14H22N2O2/c1-4-10(2)16-14(17)11(3)18-13-8-6-5-7-12(13)9-15/h5-8,10-11H,4,9,15H2,1-3H3,(H,16,17). The Morgan fingerprint density at radius 2 is 2.06 bits per heavy atom. The Labute approximate surface area is 109 Å². The smallest absolute Gasteiger partial charge is 0.260 e. The fourth-order valence-corrected chi connectivity index (χ4v) is 1.49. The minimum absolute atomic E-state index is 0.101. The maximum absolute atomic E-state index is 11.8. The first-order chi connectivity index (χ1) is 8.58. The van der Waals surface area contributed by atoms with Crippen LogP contribution in [0.2, 0.25) is 0 Å². The van der Waals surface area contributed by atoms with E-state index < -0.39 is 6.10 Å². The SMILES string of the molecule is CCC(C)NC(=O)C(C)Oc1ccccc1CN.